The van der Waals surface area contributed by atoms with Gasteiger partial charge in [0.25, 0.3) is 0 Å². The molecule has 0 fully saturated rings. The van der Waals surface area contributed by atoms with Gasteiger partial charge >= 0.3 is 0 Å². The predicted molar refractivity (Wildman–Crippen MR) is 51.5 cm³/mol. The van der Waals surface area contributed by atoms with Crippen molar-refractivity contribution in [3.63, 3.8) is 0 Å². The highest BCUT2D eigenvalue weighted by Gasteiger charge is 2.21. The largest absolute Gasteiger partial charge is 0.381 e. The number of rotatable bonds is 2. The van der Waals surface area contributed by atoms with Crippen molar-refractivity contribution in [1.29, 1.82) is 0 Å². The second-order valence-corrected chi connectivity index (χ2v) is 7.97. The average molecular weight is 186 g/mol. The molecule has 0 aliphatic carbocycles. The molecule has 1 aliphatic heterocycles. The van der Waals surface area contributed by atoms with Crippen LogP contribution in [0.5, 0.6) is 0 Å². The first-order valence-electron chi connectivity index (χ1n) is 3.77. The number of aliphatic imine (C=N–C) groups is 2. The smallest absolute Gasteiger partial charge is 0.220 e. The standard InChI is InChI=1S/C6H14N4OSi/c1-12(2,3)11-6-9-4-8-5(7)10-6/h4,6H,1-3H3,(H3,7,8,9,10). The van der Waals surface area contributed by atoms with Gasteiger partial charge in [-0.2, -0.15) is 0 Å². The lowest BCUT2D eigenvalue weighted by Crippen LogP contribution is -2.47. The lowest BCUT2D eigenvalue weighted by Gasteiger charge is -2.25. The van der Waals surface area contributed by atoms with Crippen LogP contribution in [0.4, 0.5) is 0 Å². The van der Waals surface area contributed by atoms with Gasteiger partial charge in [0, 0.05) is 0 Å². The fourth-order valence-corrected chi connectivity index (χ4v) is 1.54. The van der Waals surface area contributed by atoms with Gasteiger partial charge in [0.15, 0.2) is 14.3 Å². The first kappa shape index (κ1) is 9.21. The van der Waals surface area contributed by atoms with Crippen molar-refractivity contribution in [2.75, 3.05) is 0 Å². The van der Waals surface area contributed by atoms with Crippen molar-refractivity contribution in [2.45, 2.75) is 26.0 Å². The Balaban J connectivity index is 2.47. The third kappa shape index (κ3) is 3.01. The maximum Gasteiger partial charge on any atom is 0.220 e. The fourth-order valence-electron chi connectivity index (χ4n) is 0.752. The SMILES string of the molecule is C[Si](C)(C)OC1N=CN=C(N)N1. The first-order valence-corrected chi connectivity index (χ1v) is 7.17. The Morgan fingerprint density at radius 3 is 2.75 bits per heavy atom. The molecular formula is C6H14N4OSi. The Labute approximate surface area is 72.9 Å². The van der Waals surface area contributed by atoms with Crippen LogP contribution in [0.15, 0.2) is 9.98 Å². The van der Waals surface area contributed by atoms with E-state index >= 15 is 0 Å². The Hall–Kier alpha value is -0.883. The Kier molecular flexibility index (Phi) is 2.48. The summed E-state index contributed by atoms with van der Waals surface area (Å²) in [6, 6.07) is 0. The first-order chi connectivity index (χ1) is 5.47. The minimum absolute atomic E-state index is 0.353. The summed E-state index contributed by atoms with van der Waals surface area (Å²) in [5.74, 6) is 0.355. The van der Waals surface area contributed by atoms with E-state index < -0.39 is 8.32 Å². The minimum Gasteiger partial charge on any atom is -0.381 e. The van der Waals surface area contributed by atoms with Gasteiger partial charge in [-0.25, -0.2) is 9.98 Å². The van der Waals surface area contributed by atoms with Gasteiger partial charge in [0.05, 0.1) is 0 Å². The average Bonchev–Trinajstić information content (AvgIpc) is 1.82. The normalized spacial score (nSPS) is 23.2. The monoisotopic (exact) mass is 186 g/mol. The summed E-state index contributed by atoms with van der Waals surface area (Å²) in [7, 11) is -1.56. The Morgan fingerprint density at radius 1 is 1.58 bits per heavy atom. The zero-order valence-corrected chi connectivity index (χ0v) is 8.53. The molecule has 6 heteroatoms. The van der Waals surface area contributed by atoms with E-state index in [1.807, 2.05) is 0 Å². The van der Waals surface area contributed by atoms with Crippen molar-refractivity contribution >= 4 is 20.6 Å². The molecule has 1 heterocycles. The van der Waals surface area contributed by atoms with Crippen molar-refractivity contribution in [3.8, 4) is 0 Å². The maximum absolute atomic E-state index is 5.62. The predicted octanol–water partition coefficient (Wildman–Crippen LogP) is 0.0677. The van der Waals surface area contributed by atoms with Crippen molar-refractivity contribution in [3.05, 3.63) is 0 Å². The third-order valence-corrected chi connectivity index (χ3v) is 2.07. The van der Waals surface area contributed by atoms with Crippen LogP contribution in [0.25, 0.3) is 0 Å². The van der Waals surface area contributed by atoms with Crippen LogP contribution in [0.2, 0.25) is 19.6 Å². The zero-order valence-electron chi connectivity index (χ0n) is 7.53. The van der Waals surface area contributed by atoms with Crippen LogP contribution in [0.3, 0.4) is 0 Å². The molecule has 0 bridgehead atoms. The molecule has 0 spiro atoms. The Bertz CT molecular complexity index is 220. The number of hydrogen-bond acceptors (Lipinski definition) is 5. The number of guanidine groups is 1. The van der Waals surface area contributed by atoms with Crippen molar-refractivity contribution in [2.24, 2.45) is 15.7 Å². The molecular weight excluding hydrogens is 172 g/mol. The van der Waals surface area contributed by atoms with E-state index in [-0.39, 0.29) is 6.35 Å². The molecule has 0 amide bonds. The van der Waals surface area contributed by atoms with E-state index in [0.717, 1.165) is 0 Å². The van der Waals surface area contributed by atoms with E-state index in [1.165, 1.54) is 6.34 Å². The number of nitrogens with zero attached hydrogens (tertiary/aromatic N) is 2. The van der Waals surface area contributed by atoms with Crippen LogP contribution in [0.1, 0.15) is 0 Å². The molecule has 5 nitrogen and oxygen atoms in total. The molecule has 1 rings (SSSR count). The molecule has 12 heavy (non-hydrogen) atoms. The van der Waals surface area contributed by atoms with E-state index in [1.54, 1.807) is 0 Å². The third-order valence-electron chi connectivity index (χ3n) is 1.14. The number of nitrogens with one attached hydrogen (secondary N) is 1. The van der Waals surface area contributed by atoms with Gasteiger partial charge in [0.1, 0.15) is 6.34 Å². The zero-order chi connectivity index (χ0) is 9.19. The highest BCUT2D eigenvalue weighted by atomic mass is 28.4. The summed E-state index contributed by atoms with van der Waals surface area (Å²) in [6.07, 6.45) is 1.06. The molecule has 1 unspecified atom stereocenters. The molecule has 3 N–H and O–H groups in total. The Morgan fingerprint density at radius 2 is 2.25 bits per heavy atom. The molecule has 0 saturated carbocycles. The minimum atomic E-state index is -1.56. The molecule has 1 aliphatic rings. The molecule has 0 aromatic rings. The van der Waals surface area contributed by atoms with E-state index in [2.05, 4.69) is 34.9 Å². The van der Waals surface area contributed by atoms with Crippen LogP contribution in [0, 0.1) is 0 Å². The van der Waals surface area contributed by atoms with Crippen LogP contribution < -0.4 is 11.1 Å². The van der Waals surface area contributed by atoms with Crippen LogP contribution >= 0.6 is 0 Å². The summed E-state index contributed by atoms with van der Waals surface area (Å²) >= 11 is 0. The number of hydrogen-bond donors (Lipinski definition) is 2. The van der Waals surface area contributed by atoms with Crippen LogP contribution in [-0.4, -0.2) is 27.0 Å². The van der Waals surface area contributed by atoms with E-state index in [0.29, 0.717) is 5.96 Å². The summed E-state index contributed by atoms with van der Waals surface area (Å²) in [5.41, 5.74) is 5.43. The van der Waals surface area contributed by atoms with Gasteiger partial charge in [0.2, 0.25) is 6.35 Å². The van der Waals surface area contributed by atoms with Gasteiger partial charge in [-0.05, 0) is 19.6 Å². The highest BCUT2D eigenvalue weighted by molar-refractivity contribution is 6.69. The van der Waals surface area contributed by atoms with Gasteiger partial charge in [-0.1, -0.05) is 0 Å². The summed E-state index contributed by atoms with van der Waals surface area (Å²) in [5, 5.41) is 2.82. The lowest BCUT2D eigenvalue weighted by atomic mass is 10.8. The summed E-state index contributed by atoms with van der Waals surface area (Å²) in [4.78, 5) is 7.71. The molecule has 0 saturated heterocycles. The van der Waals surface area contributed by atoms with Gasteiger partial charge in [-0.3, -0.25) is 0 Å². The second-order valence-electron chi connectivity index (χ2n) is 3.51. The number of nitrogens with two attached hydrogens (primary N) is 1. The summed E-state index contributed by atoms with van der Waals surface area (Å²) < 4.78 is 5.62. The molecule has 0 aromatic carbocycles. The quantitative estimate of drug-likeness (QED) is 0.599. The maximum atomic E-state index is 5.62. The fraction of sp³-hybridized carbons (Fsp3) is 0.667. The van der Waals surface area contributed by atoms with Gasteiger partial charge < -0.3 is 15.5 Å². The van der Waals surface area contributed by atoms with Crippen molar-refractivity contribution in [1.82, 2.24) is 5.32 Å². The van der Waals surface area contributed by atoms with Crippen LogP contribution in [-0.2, 0) is 4.43 Å². The van der Waals surface area contributed by atoms with Gasteiger partial charge in [-0.15, -0.1) is 0 Å². The molecule has 1 atom stereocenters. The lowest BCUT2D eigenvalue weighted by molar-refractivity contribution is 0.188. The second kappa shape index (κ2) is 3.24. The molecule has 68 valence electrons. The van der Waals surface area contributed by atoms with Crippen molar-refractivity contribution < 1.29 is 4.43 Å². The van der Waals surface area contributed by atoms with E-state index in [9.17, 15) is 0 Å². The topological polar surface area (TPSA) is 72.0 Å². The van der Waals surface area contributed by atoms with E-state index in [4.69, 9.17) is 10.2 Å². The highest BCUT2D eigenvalue weighted by Crippen LogP contribution is 2.06. The molecule has 0 radical (unpaired) electrons. The molecule has 0 aromatic heterocycles. The summed E-state index contributed by atoms with van der Waals surface area (Å²) in [6.45, 7) is 6.27.